The number of phenolic OH excluding ortho intramolecular Hbond substituents is 1. The minimum atomic E-state index is -1.21. The molecule has 2 aromatic rings. The molecule has 2 aliphatic heterocycles. The van der Waals surface area contributed by atoms with Crippen molar-refractivity contribution in [3.63, 3.8) is 0 Å². The van der Waals surface area contributed by atoms with E-state index in [0.717, 1.165) is 0 Å². The van der Waals surface area contributed by atoms with Crippen LogP contribution in [0.2, 0.25) is 0 Å². The van der Waals surface area contributed by atoms with Crippen LogP contribution in [0, 0.1) is 0 Å². The molecule has 0 unspecified atom stereocenters. The first kappa shape index (κ1) is 43.3. The van der Waals surface area contributed by atoms with E-state index >= 15 is 0 Å². The quantitative estimate of drug-likeness (QED) is 0.0477. The van der Waals surface area contributed by atoms with Gasteiger partial charge in [-0.3, -0.25) is 24.0 Å². The molecule has 0 saturated carbocycles. The molecule has 1 aliphatic carbocycles. The van der Waals surface area contributed by atoms with Crippen LogP contribution in [0.4, 0.5) is 0 Å². The first-order valence-corrected chi connectivity index (χ1v) is 19.7. The number of hydrogen-bond donors (Lipinski definition) is 4. The minimum Gasteiger partial charge on any atom is -0.508 e. The number of carbonyl (C=O) groups is 6. The van der Waals surface area contributed by atoms with Crippen molar-refractivity contribution in [3.05, 3.63) is 75.9 Å². The first-order valence-electron chi connectivity index (χ1n) is 18.5. The number of aromatic carboxylic acids is 1. The molecule has 1 fully saturated rings. The number of thioether (sulfide) groups is 1. The average molecular weight is 822 g/mol. The molecule has 17 nitrogen and oxygen atoms in total. The number of phenols is 1. The van der Waals surface area contributed by atoms with Gasteiger partial charge in [-0.15, -0.1) is 5.06 Å². The van der Waals surface area contributed by atoms with Gasteiger partial charge in [-0.1, -0.05) is 0 Å². The van der Waals surface area contributed by atoms with E-state index < -0.39 is 29.7 Å². The predicted octanol–water partition coefficient (Wildman–Crippen LogP) is 3.38. The molecule has 58 heavy (non-hydrogen) atoms. The number of imide groups is 1. The zero-order chi connectivity index (χ0) is 41.4. The molecular formula is C40H43N3O14S. The summed E-state index contributed by atoms with van der Waals surface area (Å²) >= 11 is 1.23. The van der Waals surface area contributed by atoms with Crippen molar-refractivity contribution in [2.75, 3.05) is 64.2 Å². The number of amides is 4. The van der Waals surface area contributed by atoms with E-state index in [4.69, 9.17) is 23.5 Å². The summed E-state index contributed by atoms with van der Waals surface area (Å²) in [5.41, 5.74) is 1.25. The Kier molecular flexibility index (Phi) is 16.2. The summed E-state index contributed by atoms with van der Waals surface area (Å²) in [4.78, 5) is 89.0. The molecule has 0 aromatic heterocycles. The Bertz CT molecular complexity index is 2140. The fourth-order valence-electron chi connectivity index (χ4n) is 5.83. The molecule has 0 atom stereocenters. The summed E-state index contributed by atoms with van der Waals surface area (Å²) in [6, 6.07) is 12.8. The average Bonchev–Trinajstić information content (AvgIpc) is 3.51. The van der Waals surface area contributed by atoms with Gasteiger partial charge < -0.3 is 44.3 Å². The van der Waals surface area contributed by atoms with Gasteiger partial charge in [0.25, 0.3) is 17.7 Å². The smallest absolute Gasteiger partial charge is 0.336 e. The maximum Gasteiger partial charge on any atom is 0.336 e. The molecule has 3 aliphatic rings. The number of carbonyl (C=O) groups excluding carboxylic acids is 5. The van der Waals surface area contributed by atoms with E-state index in [0.29, 0.717) is 92.9 Å². The second kappa shape index (κ2) is 21.6. The van der Waals surface area contributed by atoms with E-state index in [1.165, 1.54) is 54.2 Å². The number of carboxylic acids is 1. The number of rotatable bonds is 23. The first-order chi connectivity index (χ1) is 28.0. The van der Waals surface area contributed by atoms with Crippen LogP contribution in [-0.4, -0.2) is 115 Å². The Labute approximate surface area is 336 Å². The lowest BCUT2D eigenvalue weighted by Gasteiger charge is -2.17. The Balaban J connectivity index is 0.916. The van der Waals surface area contributed by atoms with Crippen LogP contribution < -0.4 is 16.1 Å². The lowest BCUT2D eigenvalue weighted by Crippen LogP contribution is -2.32. The van der Waals surface area contributed by atoms with Gasteiger partial charge in [0.15, 0.2) is 5.43 Å². The number of hydrogen-bond acceptors (Lipinski definition) is 14. The van der Waals surface area contributed by atoms with Crippen LogP contribution in [-0.2, 0) is 38.2 Å². The lowest BCUT2D eigenvalue weighted by atomic mass is 9.89. The molecule has 0 bridgehead atoms. The number of carboxylic acid groups (broad SMARTS) is 1. The molecule has 4 amide bonds. The Morgan fingerprint density at radius 1 is 0.776 bits per heavy atom. The van der Waals surface area contributed by atoms with Gasteiger partial charge in [-0.05, 0) is 60.9 Å². The standard InChI is InChI=1S/C40H43N3O14S/c44-26-4-7-29-32(22-26)56-33-23-27(45)5-8-30(33)38(29)31-21-25(3-6-28(31)40(51)52)39(50)42-13-2-15-54-17-19-55-18-16-53-14-1-12-41-34(46)24-58-20-11-37(49)57-43-35(47)9-10-36(43)48/h3-8,21-23,44H,1-2,9-20,24H2,(H,41,46)(H,42,50)(H,51,52). The molecule has 4 N–H and O–H groups in total. The fourth-order valence-corrected chi connectivity index (χ4v) is 6.57. The molecule has 18 heteroatoms. The van der Waals surface area contributed by atoms with Crippen molar-refractivity contribution in [2.45, 2.75) is 32.1 Å². The second-order valence-electron chi connectivity index (χ2n) is 12.9. The number of benzene rings is 3. The second-order valence-corrected chi connectivity index (χ2v) is 14.0. The monoisotopic (exact) mass is 821 g/mol. The van der Waals surface area contributed by atoms with E-state index in [2.05, 4.69) is 10.6 Å². The van der Waals surface area contributed by atoms with Crippen LogP contribution in [0.1, 0.15) is 52.8 Å². The van der Waals surface area contributed by atoms with Crippen molar-refractivity contribution >= 4 is 58.3 Å². The van der Waals surface area contributed by atoms with Gasteiger partial charge in [0.05, 0.1) is 44.2 Å². The zero-order valence-corrected chi connectivity index (χ0v) is 32.3. The minimum absolute atomic E-state index is 0.0290. The normalized spacial score (nSPS) is 12.7. The number of nitrogens with one attached hydrogen (secondary N) is 2. The van der Waals surface area contributed by atoms with Crippen molar-refractivity contribution < 1.29 is 62.4 Å². The van der Waals surface area contributed by atoms with Crippen LogP contribution in [0.15, 0.2) is 63.8 Å². The third-order valence-electron chi connectivity index (χ3n) is 8.62. The number of fused-ring (bicyclic) bond motifs is 2. The van der Waals surface area contributed by atoms with Gasteiger partial charge in [0.1, 0.15) is 17.1 Å². The van der Waals surface area contributed by atoms with Gasteiger partial charge in [-0.2, -0.15) is 11.8 Å². The van der Waals surface area contributed by atoms with Crippen LogP contribution in [0.5, 0.6) is 5.75 Å². The molecule has 5 rings (SSSR count). The largest absolute Gasteiger partial charge is 0.508 e. The van der Waals surface area contributed by atoms with Crippen LogP contribution in [0.25, 0.3) is 33.4 Å². The van der Waals surface area contributed by atoms with E-state index in [1.54, 1.807) is 12.1 Å². The Hall–Kier alpha value is -5.82. The maximum atomic E-state index is 13.1. The highest BCUT2D eigenvalue weighted by molar-refractivity contribution is 7.99. The third kappa shape index (κ3) is 12.3. The van der Waals surface area contributed by atoms with E-state index in [9.17, 15) is 43.8 Å². The van der Waals surface area contributed by atoms with Crippen LogP contribution >= 0.6 is 11.8 Å². The molecule has 2 heterocycles. The number of hydroxylamine groups is 2. The SMILES string of the molecule is O=C(CSCCC(=O)ON1C(=O)CCC1=O)NCCCOCCOCCOCCCNC(=O)c1ccc(C(=O)O)c(-c2c3ccc(=O)cc-3oc3cc(O)ccc23)c1. The van der Waals surface area contributed by atoms with Crippen molar-refractivity contribution in [1.29, 1.82) is 0 Å². The third-order valence-corrected chi connectivity index (χ3v) is 9.58. The fraction of sp³-hybridized carbons (Fsp3) is 0.375. The summed E-state index contributed by atoms with van der Waals surface area (Å²) in [7, 11) is 0. The van der Waals surface area contributed by atoms with Gasteiger partial charge in [0, 0.05) is 79.1 Å². The molecular weight excluding hydrogens is 779 g/mol. The summed E-state index contributed by atoms with van der Waals surface area (Å²) in [5, 5.41) is 26.7. The topological polar surface area (TPSA) is 237 Å². The van der Waals surface area contributed by atoms with Crippen molar-refractivity contribution in [1.82, 2.24) is 15.7 Å². The van der Waals surface area contributed by atoms with Crippen molar-refractivity contribution in [3.8, 4) is 28.2 Å². The maximum absolute atomic E-state index is 13.1. The molecule has 0 radical (unpaired) electrons. The summed E-state index contributed by atoms with van der Waals surface area (Å²) in [6.07, 6.45) is 1.13. The number of nitrogens with zero attached hydrogens (tertiary/aromatic N) is 1. The van der Waals surface area contributed by atoms with Gasteiger partial charge >= 0.3 is 11.9 Å². The predicted molar refractivity (Wildman–Crippen MR) is 209 cm³/mol. The highest BCUT2D eigenvalue weighted by Crippen LogP contribution is 2.42. The van der Waals surface area contributed by atoms with Crippen LogP contribution in [0.3, 0.4) is 0 Å². The highest BCUT2D eigenvalue weighted by Gasteiger charge is 2.32. The van der Waals surface area contributed by atoms with Gasteiger partial charge in [-0.25, -0.2) is 9.59 Å². The lowest BCUT2D eigenvalue weighted by molar-refractivity contribution is -0.197. The van der Waals surface area contributed by atoms with E-state index in [-0.39, 0.29) is 70.1 Å². The zero-order valence-electron chi connectivity index (χ0n) is 31.5. The summed E-state index contributed by atoms with van der Waals surface area (Å²) < 4.78 is 22.5. The molecule has 0 spiro atoms. The highest BCUT2D eigenvalue weighted by atomic mass is 32.2. The van der Waals surface area contributed by atoms with Crippen molar-refractivity contribution in [2.24, 2.45) is 0 Å². The van der Waals surface area contributed by atoms with E-state index in [1.807, 2.05) is 0 Å². The van der Waals surface area contributed by atoms with Gasteiger partial charge in [0.2, 0.25) is 5.91 Å². The number of aromatic hydroxyl groups is 1. The number of ether oxygens (including phenoxy) is 3. The summed E-state index contributed by atoms with van der Waals surface area (Å²) in [5.74, 6) is -3.02. The molecule has 2 aromatic carbocycles. The molecule has 1 saturated heterocycles. The Morgan fingerprint density at radius 3 is 2.14 bits per heavy atom. The molecule has 308 valence electrons. The summed E-state index contributed by atoms with van der Waals surface area (Å²) in [6.45, 7) is 2.93. The Morgan fingerprint density at radius 2 is 1.45 bits per heavy atom.